The van der Waals surface area contributed by atoms with Crippen LogP contribution < -0.4 is 10.1 Å². The summed E-state index contributed by atoms with van der Waals surface area (Å²) in [6.07, 6.45) is 4.11. The van der Waals surface area contributed by atoms with Gasteiger partial charge in [-0.05, 0) is 23.3 Å². The number of aromatic hydroxyl groups is 1. The maximum Gasteiger partial charge on any atom is 0.349 e. The molecule has 0 atom stereocenters. The number of pyridine rings is 1. The Morgan fingerprint density at radius 1 is 0.966 bits per heavy atom. The van der Waals surface area contributed by atoms with Crippen LogP contribution in [0.5, 0.6) is 5.88 Å². The molecule has 0 aliphatic rings. The fraction of sp³-hybridized carbons (Fsp3) is 0.0833. The van der Waals surface area contributed by atoms with Gasteiger partial charge >= 0.3 is 5.56 Å². The van der Waals surface area contributed by atoms with Gasteiger partial charge in [0.25, 0.3) is 11.5 Å². The third kappa shape index (κ3) is 4.15. The highest BCUT2D eigenvalue weighted by atomic mass is 79.9. The molecule has 0 saturated heterocycles. The summed E-state index contributed by atoms with van der Waals surface area (Å²) < 4.78 is 4.23. The molecule has 4 nitrogen and oxygen atoms in total. The van der Waals surface area contributed by atoms with Gasteiger partial charge in [-0.15, -0.1) is 0 Å². The highest BCUT2D eigenvalue weighted by Crippen LogP contribution is 2.18. The van der Waals surface area contributed by atoms with Crippen molar-refractivity contribution in [2.75, 3.05) is 0 Å². The van der Waals surface area contributed by atoms with E-state index in [0.29, 0.717) is 24.2 Å². The average molecular weight is 448 g/mol. The van der Waals surface area contributed by atoms with E-state index in [-0.39, 0.29) is 11.4 Å². The van der Waals surface area contributed by atoms with E-state index in [0.717, 1.165) is 15.6 Å². The molecule has 0 aliphatic heterocycles. The number of halogens is 1. The van der Waals surface area contributed by atoms with Crippen LogP contribution in [-0.2, 0) is 13.0 Å². The predicted octanol–water partition coefficient (Wildman–Crippen LogP) is 4.32. The molecule has 144 valence electrons. The predicted molar refractivity (Wildman–Crippen MR) is 118 cm³/mol. The molecular weight excluding hydrogens is 428 g/mol. The average Bonchev–Trinajstić information content (AvgIpc) is 2.75. The second kappa shape index (κ2) is 8.45. The van der Waals surface area contributed by atoms with E-state index in [1.165, 1.54) is 0 Å². The first-order chi connectivity index (χ1) is 14.1. The summed E-state index contributed by atoms with van der Waals surface area (Å²) in [5.41, 5.74) is 2.83. The summed E-state index contributed by atoms with van der Waals surface area (Å²) in [7, 11) is 0. The molecular formula is C24H20BrN2O2+. The zero-order chi connectivity index (χ0) is 20.2. The first-order valence-corrected chi connectivity index (χ1v) is 10.1. The largest absolute Gasteiger partial charge is 0.477 e. The lowest BCUT2D eigenvalue weighted by atomic mass is 10.1. The second-order valence-electron chi connectivity index (χ2n) is 6.79. The van der Waals surface area contributed by atoms with Crippen LogP contribution in [0.2, 0.25) is 0 Å². The Morgan fingerprint density at radius 2 is 1.62 bits per heavy atom. The van der Waals surface area contributed by atoms with Gasteiger partial charge in [0.2, 0.25) is 0 Å². The Hall–Kier alpha value is -3.18. The van der Waals surface area contributed by atoms with E-state index < -0.39 is 0 Å². The quantitative estimate of drug-likeness (QED) is 0.463. The number of aromatic nitrogens is 2. The number of allylic oxidation sites excluding steroid dienone is 1. The molecule has 0 amide bonds. The highest BCUT2D eigenvalue weighted by Gasteiger charge is 2.24. The van der Waals surface area contributed by atoms with Gasteiger partial charge in [0.1, 0.15) is 12.1 Å². The Kier molecular flexibility index (Phi) is 5.58. The fourth-order valence-corrected chi connectivity index (χ4v) is 3.89. The standard InChI is InChI=1S/C24H19BrN2O2/c25-20(15-18-9-3-1-4-10-18)17-27-22-13-7-8-14-26(22)23(28)21(24(27)29)16-19-11-5-2-6-12-19/h1-15H,16-17H2/p+1/b20-15-. The lowest BCUT2D eigenvalue weighted by Crippen LogP contribution is -2.42. The molecule has 4 rings (SSSR count). The molecule has 0 saturated carbocycles. The summed E-state index contributed by atoms with van der Waals surface area (Å²) in [5, 5.41) is 11.0. The first kappa shape index (κ1) is 19.2. The summed E-state index contributed by atoms with van der Waals surface area (Å²) in [6, 6.07) is 25.2. The van der Waals surface area contributed by atoms with Crippen molar-refractivity contribution in [1.82, 2.24) is 4.40 Å². The Balaban J connectivity index is 1.82. The number of hydrogen-bond donors (Lipinski definition) is 1. The first-order valence-electron chi connectivity index (χ1n) is 9.33. The summed E-state index contributed by atoms with van der Waals surface area (Å²) in [4.78, 5) is 13.0. The van der Waals surface area contributed by atoms with E-state index in [4.69, 9.17) is 0 Å². The second-order valence-corrected chi connectivity index (χ2v) is 7.81. The third-order valence-corrected chi connectivity index (χ3v) is 5.25. The SMILES string of the molecule is O=c1c(Cc2ccccc2)c(O)[n+](C/C(Br)=C/c2ccccc2)c2ccccn12. The molecule has 29 heavy (non-hydrogen) atoms. The third-order valence-electron chi connectivity index (χ3n) is 4.77. The molecule has 0 unspecified atom stereocenters. The Labute approximate surface area is 177 Å². The normalized spacial score (nSPS) is 11.7. The molecule has 0 aliphatic carbocycles. The van der Waals surface area contributed by atoms with Crippen LogP contribution in [0.4, 0.5) is 0 Å². The summed E-state index contributed by atoms with van der Waals surface area (Å²) >= 11 is 3.62. The number of hydrogen-bond acceptors (Lipinski definition) is 2. The highest BCUT2D eigenvalue weighted by molar-refractivity contribution is 9.11. The molecule has 0 radical (unpaired) electrons. The molecule has 0 fully saturated rings. The summed E-state index contributed by atoms with van der Waals surface area (Å²) in [6.45, 7) is 0.399. The Bertz CT molecular complexity index is 1230. The van der Waals surface area contributed by atoms with Crippen molar-refractivity contribution in [3.63, 3.8) is 0 Å². The van der Waals surface area contributed by atoms with Crippen LogP contribution in [0.3, 0.4) is 0 Å². The fourth-order valence-electron chi connectivity index (χ4n) is 3.38. The van der Waals surface area contributed by atoms with Gasteiger partial charge in [-0.25, -0.2) is 4.79 Å². The lowest BCUT2D eigenvalue weighted by Gasteiger charge is -2.10. The van der Waals surface area contributed by atoms with E-state index in [1.54, 1.807) is 15.2 Å². The molecule has 1 N–H and O–H groups in total. The minimum atomic E-state index is -0.207. The van der Waals surface area contributed by atoms with Gasteiger partial charge < -0.3 is 5.11 Å². The van der Waals surface area contributed by atoms with Crippen molar-refractivity contribution in [3.05, 3.63) is 117 Å². The maximum atomic E-state index is 13.0. The topological polar surface area (TPSA) is 45.6 Å². The van der Waals surface area contributed by atoms with Crippen molar-refractivity contribution < 1.29 is 9.67 Å². The van der Waals surface area contributed by atoms with Crippen LogP contribution >= 0.6 is 15.9 Å². The zero-order valence-corrected chi connectivity index (χ0v) is 17.3. The van der Waals surface area contributed by atoms with E-state index in [9.17, 15) is 9.90 Å². The minimum absolute atomic E-state index is 0.0107. The van der Waals surface area contributed by atoms with E-state index >= 15 is 0 Å². The summed E-state index contributed by atoms with van der Waals surface area (Å²) in [5.74, 6) is -0.0107. The number of fused-ring (bicyclic) bond motifs is 1. The van der Waals surface area contributed by atoms with Crippen LogP contribution in [0.1, 0.15) is 16.7 Å². The van der Waals surface area contributed by atoms with Crippen molar-refractivity contribution in [3.8, 4) is 5.88 Å². The van der Waals surface area contributed by atoms with Crippen LogP contribution in [-0.4, -0.2) is 9.51 Å². The molecule has 2 aromatic heterocycles. The van der Waals surface area contributed by atoms with Crippen LogP contribution in [0, 0.1) is 0 Å². The molecule has 0 bridgehead atoms. The van der Waals surface area contributed by atoms with Gasteiger partial charge in [0.05, 0.1) is 6.20 Å². The van der Waals surface area contributed by atoms with Gasteiger partial charge in [-0.3, -0.25) is 0 Å². The van der Waals surface area contributed by atoms with Crippen molar-refractivity contribution in [1.29, 1.82) is 0 Å². The Morgan fingerprint density at radius 3 is 2.34 bits per heavy atom. The monoisotopic (exact) mass is 447 g/mol. The van der Waals surface area contributed by atoms with Gasteiger partial charge in [-0.1, -0.05) is 82.7 Å². The maximum absolute atomic E-state index is 13.0. The molecule has 4 aromatic rings. The van der Waals surface area contributed by atoms with E-state index in [2.05, 4.69) is 15.9 Å². The molecule has 5 heteroatoms. The number of benzene rings is 2. The molecule has 0 spiro atoms. The number of nitrogens with zero attached hydrogens (tertiary/aromatic N) is 2. The zero-order valence-electron chi connectivity index (χ0n) is 15.7. The van der Waals surface area contributed by atoms with Crippen molar-refractivity contribution in [2.45, 2.75) is 13.0 Å². The lowest BCUT2D eigenvalue weighted by molar-refractivity contribution is -0.671. The molecule has 2 heterocycles. The van der Waals surface area contributed by atoms with Gasteiger partial charge in [0.15, 0.2) is 0 Å². The van der Waals surface area contributed by atoms with Crippen LogP contribution in [0.25, 0.3) is 11.7 Å². The molecule has 2 aromatic carbocycles. The minimum Gasteiger partial charge on any atom is -0.477 e. The van der Waals surface area contributed by atoms with Gasteiger partial charge in [0, 0.05) is 17.0 Å². The van der Waals surface area contributed by atoms with E-state index in [1.807, 2.05) is 84.9 Å². The smallest absolute Gasteiger partial charge is 0.349 e. The van der Waals surface area contributed by atoms with Crippen LogP contribution in [0.15, 0.2) is 94.3 Å². The number of rotatable bonds is 5. The van der Waals surface area contributed by atoms with Crippen molar-refractivity contribution in [2.24, 2.45) is 0 Å². The van der Waals surface area contributed by atoms with Gasteiger partial charge in [-0.2, -0.15) is 8.97 Å². The van der Waals surface area contributed by atoms with Crippen molar-refractivity contribution >= 4 is 27.7 Å².